The van der Waals surface area contributed by atoms with Gasteiger partial charge in [0.25, 0.3) is 5.91 Å². The maximum absolute atomic E-state index is 12.6. The molecule has 5 heteroatoms. The first-order chi connectivity index (χ1) is 11.3. The van der Waals surface area contributed by atoms with Gasteiger partial charge in [0.1, 0.15) is 0 Å². The molecule has 0 bridgehead atoms. The zero-order chi connectivity index (χ0) is 17.5. The summed E-state index contributed by atoms with van der Waals surface area (Å²) in [4.78, 5) is 26.8. The standard InChI is InChI=1S/C19H20N2O3/c1-12-4-9-16-15(10-12)19(24,18(23)20-16)11-17(22)13-5-7-14(8-6-13)21(2)3/h4-10,24H,11H2,1-3H3,(H,20,23). The molecule has 1 atom stereocenters. The first-order valence-electron chi connectivity index (χ1n) is 7.77. The molecule has 5 nitrogen and oxygen atoms in total. The molecule has 2 N–H and O–H groups in total. The minimum atomic E-state index is -1.82. The van der Waals surface area contributed by atoms with Crippen LogP contribution in [0.3, 0.4) is 0 Å². The average Bonchev–Trinajstić information content (AvgIpc) is 2.78. The average molecular weight is 324 g/mol. The Balaban J connectivity index is 1.89. The number of ketones is 1. The molecule has 1 heterocycles. The van der Waals surface area contributed by atoms with Crippen LogP contribution in [0.15, 0.2) is 42.5 Å². The van der Waals surface area contributed by atoms with E-state index in [2.05, 4.69) is 5.32 Å². The van der Waals surface area contributed by atoms with Crippen molar-refractivity contribution in [1.82, 2.24) is 0 Å². The van der Waals surface area contributed by atoms with E-state index in [1.807, 2.05) is 44.1 Å². The van der Waals surface area contributed by atoms with E-state index < -0.39 is 11.5 Å². The predicted molar refractivity (Wildman–Crippen MR) is 93.4 cm³/mol. The lowest BCUT2D eigenvalue weighted by Gasteiger charge is -2.20. The molecule has 3 rings (SSSR count). The van der Waals surface area contributed by atoms with Gasteiger partial charge in [0.2, 0.25) is 0 Å². The third-order valence-electron chi connectivity index (χ3n) is 4.37. The summed E-state index contributed by atoms with van der Waals surface area (Å²) in [6.07, 6.45) is -0.281. The number of rotatable bonds is 4. The summed E-state index contributed by atoms with van der Waals surface area (Å²) < 4.78 is 0. The number of anilines is 2. The van der Waals surface area contributed by atoms with Crippen LogP contribution in [0.1, 0.15) is 27.9 Å². The third kappa shape index (κ3) is 2.67. The van der Waals surface area contributed by atoms with Crippen LogP contribution in [-0.2, 0) is 10.4 Å². The highest BCUT2D eigenvalue weighted by atomic mass is 16.3. The van der Waals surface area contributed by atoms with Gasteiger partial charge in [0.05, 0.1) is 6.42 Å². The van der Waals surface area contributed by atoms with Gasteiger partial charge in [-0.3, -0.25) is 9.59 Å². The third-order valence-corrected chi connectivity index (χ3v) is 4.37. The molecule has 1 unspecified atom stereocenters. The Morgan fingerprint density at radius 1 is 1.17 bits per heavy atom. The van der Waals surface area contributed by atoms with Crippen molar-refractivity contribution >= 4 is 23.1 Å². The second kappa shape index (κ2) is 5.76. The fraction of sp³-hybridized carbons (Fsp3) is 0.263. The molecule has 1 aliphatic heterocycles. The van der Waals surface area contributed by atoms with E-state index in [-0.39, 0.29) is 12.2 Å². The molecule has 2 aromatic carbocycles. The van der Waals surface area contributed by atoms with Crippen molar-refractivity contribution in [3.63, 3.8) is 0 Å². The van der Waals surface area contributed by atoms with Gasteiger partial charge in [0.15, 0.2) is 11.4 Å². The molecular formula is C19H20N2O3. The molecule has 2 aromatic rings. The van der Waals surface area contributed by atoms with Crippen LogP contribution in [0.5, 0.6) is 0 Å². The first-order valence-corrected chi connectivity index (χ1v) is 7.77. The number of hydrogen-bond acceptors (Lipinski definition) is 4. The lowest BCUT2D eigenvalue weighted by atomic mass is 9.87. The Labute approximate surface area is 140 Å². The minimum Gasteiger partial charge on any atom is -0.378 e. The Morgan fingerprint density at radius 3 is 2.46 bits per heavy atom. The summed E-state index contributed by atoms with van der Waals surface area (Å²) in [5.74, 6) is -0.825. The number of nitrogens with one attached hydrogen (secondary N) is 1. The van der Waals surface area contributed by atoms with Crippen LogP contribution in [0, 0.1) is 6.92 Å². The Morgan fingerprint density at radius 2 is 1.83 bits per heavy atom. The number of aliphatic hydroxyl groups is 1. The molecule has 124 valence electrons. The highest BCUT2D eigenvalue weighted by molar-refractivity contribution is 6.09. The van der Waals surface area contributed by atoms with Gasteiger partial charge in [-0.05, 0) is 37.3 Å². The van der Waals surface area contributed by atoms with Crippen LogP contribution in [0.4, 0.5) is 11.4 Å². The van der Waals surface area contributed by atoms with Crippen molar-refractivity contribution in [3.8, 4) is 0 Å². The van der Waals surface area contributed by atoms with Crippen molar-refractivity contribution < 1.29 is 14.7 Å². The fourth-order valence-electron chi connectivity index (χ4n) is 2.91. The minimum absolute atomic E-state index is 0.271. The van der Waals surface area contributed by atoms with E-state index in [4.69, 9.17) is 0 Å². The number of amides is 1. The monoisotopic (exact) mass is 324 g/mol. The highest BCUT2D eigenvalue weighted by Crippen LogP contribution is 2.39. The molecule has 0 fully saturated rings. The molecule has 0 spiro atoms. The zero-order valence-corrected chi connectivity index (χ0v) is 14.0. The van der Waals surface area contributed by atoms with Gasteiger partial charge in [-0.15, -0.1) is 0 Å². The summed E-state index contributed by atoms with van der Waals surface area (Å²) in [5.41, 5.74) is 1.58. The van der Waals surface area contributed by atoms with E-state index in [1.54, 1.807) is 24.3 Å². The fourth-order valence-corrected chi connectivity index (χ4v) is 2.91. The van der Waals surface area contributed by atoms with Gasteiger partial charge in [-0.25, -0.2) is 0 Å². The van der Waals surface area contributed by atoms with Crippen LogP contribution in [0.25, 0.3) is 0 Å². The van der Waals surface area contributed by atoms with E-state index in [0.717, 1.165) is 11.3 Å². The van der Waals surface area contributed by atoms with Crippen LogP contribution in [-0.4, -0.2) is 30.9 Å². The van der Waals surface area contributed by atoms with E-state index in [9.17, 15) is 14.7 Å². The molecule has 0 aromatic heterocycles. The zero-order valence-electron chi connectivity index (χ0n) is 14.0. The van der Waals surface area contributed by atoms with Gasteiger partial charge >= 0.3 is 0 Å². The van der Waals surface area contributed by atoms with Crippen LogP contribution < -0.4 is 10.2 Å². The van der Waals surface area contributed by atoms with Gasteiger partial charge in [-0.2, -0.15) is 0 Å². The van der Waals surface area contributed by atoms with E-state index in [1.165, 1.54) is 0 Å². The Hall–Kier alpha value is -2.66. The van der Waals surface area contributed by atoms with Crippen molar-refractivity contribution in [3.05, 3.63) is 59.2 Å². The van der Waals surface area contributed by atoms with Crippen molar-refractivity contribution in [1.29, 1.82) is 0 Å². The van der Waals surface area contributed by atoms with Gasteiger partial charge < -0.3 is 15.3 Å². The number of carbonyl (C=O) groups is 2. The van der Waals surface area contributed by atoms with E-state index in [0.29, 0.717) is 16.8 Å². The summed E-state index contributed by atoms with van der Waals surface area (Å²) >= 11 is 0. The van der Waals surface area contributed by atoms with Crippen LogP contribution >= 0.6 is 0 Å². The number of benzene rings is 2. The normalized spacial score (nSPS) is 18.9. The molecule has 24 heavy (non-hydrogen) atoms. The van der Waals surface area contributed by atoms with Gasteiger partial charge in [-0.1, -0.05) is 17.7 Å². The smallest absolute Gasteiger partial charge is 0.261 e. The number of carbonyl (C=O) groups excluding carboxylic acids is 2. The summed E-state index contributed by atoms with van der Waals surface area (Å²) in [7, 11) is 3.84. The first kappa shape index (κ1) is 16.2. The number of nitrogens with zero attached hydrogens (tertiary/aromatic N) is 1. The lowest BCUT2D eigenvalue weighted by molar-refractivity contribution is -0.133. The molecule has 0 radical (unpaired) electrons. The summed E-state index contributed by atoms with van der Waals surface area (Å²) in [5, 5.41) is 13.5. The second-order valence-corrected chi connectivity index (χ2v) is 6.40. The predicted octanol–water partition coefficient (Wildman–Crippen LogP) is 2.47. The van der Waals surface area contributed by atoms with Crippen molar-refractivity contribution in [2.45, 2.75) is 18.9 Å². The number of fused-ring (bicyclic) bond motifs is 1. The molecular weight excluding hydrogens is 304 g/mol. The summed E-state index contributed by atoms with van der Waals surface area (Å²) in [6, 6.07) is 12.4. The highest BCUT2D eigenvalue weighted by Gasteiger charge is 2.46. The van der Waals surface area contributed by atoms with Crippen LogP contribution in [0.2, 0.25) is 0 Å². The second-order valence-electron chi connectivity index (χ2n) is 6.40. The van der Waals surface area contributed by atoms with Crippen molar-refractivity contribution in [2.24, 2.45) is 0 Å². The number of Topliss-reactive ketones (excluding diaryl/α,β-unsaturated/α-hetero) is 1. The van der Waals surface area contributed by atoms with E-state index >= 15 is 0 Å². The summed E-state index contributed by atoms with van der Waals surface area (Å²) in [6.45, 7) is 1.88. The lowest BCUT2D eigenvalue weighted by Crippen LogP contribution is -2.36. The maximum Gasteiger partial charge on any atom is 0.261 e. The molecule has 1 amide bonds. The maximum atomic E-state index is 12.6. The van der Waals surface area contributed by atoms with Gasteiger partial charge in [0, 0.05) is 36.6 Å². The molecule has 0 saturated carbocycles. The Bertz CT molecular complexity index is 812. The largest absolute Gasteiger partial charge is 0.378 e. The SMILES string of the molecule is Cc1ccc2c(c1)C(O)(CC(=O)c1ccc(N(C)C)cc1)C(=O)N2. The number of aryl methyl sites for hydroxylation is 1. The van der Waals surface area contributed by atoms with Crippen molar-refractivity contribution in [2.75, 3.05) is 24.3 Å². The number of hydrogen-bond donors (Lipinski definition) is 2. The molecule has 0 saturated heterocycles. The quantitative estimate of drug-likeness (QED) is 0.848. The molecule has 0 aliphatic carbocycles. The topological polar surface area (TPSA) is 69.6 Å². The Kier molecular flexibility index (Phi) is 3.89. The molecule has 1 aliphatic rings.